The summed E-state index contributed by atoms with van der Waals surface area (Å²) in [6.45, 7) is 7.53. The van der Waals surface area contributed by atoms with Crippen LogP contribution in [0.1, 0.15) is 40.0 Å². The topological polar surface area (TPSA) is 29.5 Å². The Morgan fingerprint density at radius 2 is 1.93 bits per heavy atom. The molecule has 14 heavy (non-hydrogen) atoms. The molecule has 0 aromatic carbocycles. The third kappa shape index (κ3) is 2.02. The van der Waals surface area contributed by atoms with Crippen LogP contribution in [0.3, 0.4) is 0 Å². The Hall–Kier alpha value is -0.730. The van der Waals surface area contributed by atoms with Crippen LogP contribution < -0.4 is 0 Å². The van der Waals surface area contributed by atoms with Crippen LogP contribution in [0.5, 0.6) is 0 Å². The van der Waals surface area contributed by atoms with Gasteiger partial charge in [-0.25, -0.2) is 4.79 Å². The number of rotatable bonds is 0. The van der Waals surface area contributed by atoms with E-state index in [1.54, 1.807) is 0 Å². The van der Waals surface area contributed by atoms with Crippen molar-refractivity contribution in [2.24, 2.45) is 5.41 Å². The molecule has 0 aromatic rings. The van der Waals surface area contributed by atoms with Crippen LogP contribution in [0.2, 0.25) is 0 Å². The first-order valence-electron chi connectivity index (χ1n) is 5.38. The van der Waals surface area contributed by atoms with Gasteiger partial charge in [0.2, 0.25) is 0 Å². The van der Waals surface area contributed by atoms with E-state index in [1.165, 1.54) is 19.3 Å². The lowest BCUT2D eigenvalue weighted by molar-refractivity contribution is 0.0286. The van der Waals surface area contributed by atoms with Gasteiger partial charge in [0.1, 0.15) is 5.60 Å². The second-order valence-electron chi connectivity index (χ2n) is 5.65. The number of nitrogens with zero attached hydrogens (tertiary/aromatic N) is 1. The maximum Gasteiger partial charge on any atom is 0.410 e. The molecule has 0 radical (unpaired) electrons. The first-order chi connectivity index (χ1) is 6.40. The molecule has 0 unspecified atom stereocenters. The summed E-state index contributed by atoms with van der Waals surface area (Å²) < 4.78 is 5.33. The van der Waals surface area contributed by atoms with Crippen molar-refractivity contribution < 1.29 is 9.53 Å². The molecule has 3 heteroatoms. The van der Waals surface area contributed by atoms with Crippen molar-refractivity contribution >= 4 is 6.09 Å². The summed E-state index contributed by atoms with van der Waals surface area (Å²) in [5.74, 6) is 0. The second-order valence-corrected chi connectivity index (χ2v) is 5.65. The lowest BCUT2D eigenvalue weighted by atomic mass is 10.1. The molecule has 1 saturated carbocycles. The maximum atomic E-state index is 11.7. The number of carbonyl (C=O) groups is 1. The Morgan fingerprint density at radius 3 is 2.36 bits per heavy atom. The standard InChI is InChI=1S/C11H19NO2/c1-10(2,3)14-9(13)12-7-6-11(8-12)4-5-11/h4-8H2,1-3H3. The van der Waals surface area contributed by atoms with E-state index < -0.39 is 0 Å². The molecule has 0 aromatic heterocycles. The zero-order chi connectivity index (χ0) is 10.4. The van der Waals surface area contributed by atoms with Gasteiger partial charge in [0, 0.05) is 13.1 Å². The quantitative estimate of drug-likeness (QED) is 0.597. The Bertz CT molecular complexity index is 251. The number of hydrogen-bond donors (Lipinski definition) is 0. The van der Waals surface area contributed by atoms with Crippen molar-refractivity contribution in [3.8, 4) is 0 Å². The van der Waals surface area contributed by atoms with E-state index in [-0.39, 0.29) is 11.7 Å². The zero-order valence-electron chi connectivity index (χ0n) is 9.30. The van der Waals surface area contributed by atoms with Crippen LogP contribution in [0, 0.1) is 5.41 Å². The Morgan fingerprint density at radius 1 is 1.29 bits per heavy atom. The predicted molar refractivity (Wildman–Crippen MR) is 54.1 cm³/mol. The van der Waals surface area contributed by atoms with Gasteiger partial charge in [-0.1, -0.05) is 0 Å². The van der Waals surface area contributed by atoms with Gasteiger partial charge >= 0.3 is 6.09 Å². The molecule has 0 bridgehead atoms. The lowest BCUT2D eigenvalue weighted by Crippen LogP contribution is -2.35. The SMILES string of the molecule is CC(C)(C)OC(=O)N1CCC2(CC2)C1. The fourth-order valence-electron chi connectivity index (χ4n) is 2.00. The molecule has 1 aliphatic heterocycles. The number of ether oxygens (including phenoxy) is 1. The maximum absolute atomic E-state index is 11.7. The summed E-state index contributed by atoms with van der Waals surface area (Å²) in [7, 11) is 0. The summed E-state index contributed by atoms with van der Waals surface area (Å²) in [5, 5.41) is 0. The van der Waals surface area contributed by atoms with Gasteiger partial charge in [0.15, 0.2) is 0 Å². The van der Waals surface area contributed by atoms with E-state index in [2.05, 4.69) is 0 Å². The summed E-state index contributed by atoms with van der Waals surface area (Å²) in [6, 6.07) is 0. The molecule has 1 spiro atoms. The highest BCUT2D eigenvalue weighted by Gasteiger charge is 2.49. The van der Waals surface area contributed by atoms with E-state index in [0.717, 1.165) is 13.1 Å². The van der Waals surface area contributed by atoms with Gasteiger partial charge in [-0.15, -0.1) is 0 Å². The number of hydrogen-bond acceptors (Lipinski definition) is 2. The molecule has 2 rings (SSSR count). The minimum absolute atomic E-state index is 0.138. The fourth-order valence-corrected chi connectivity index (χ4v) is 2.00. The number of amides is 1. The molecule has 1 saturated heterocycles. The molecule has 2 aliphatic rings. The summed E-state index contributed by atoms with van der Waals surface area (Å²) in [4.78, 5) is 13.5. The molecule has 2 fully saturated rings. The van der Waals surface area contributed by atoms with Crippen molar-refractivity contribution in [3.63, 3.8) is 0 Å². The Kier molecular flexibility index (Phi) is 2.02. The molecular weight excluding hydrogens is 178 g/mol. The van der Waals surface area contributed by atoms with E-state index in [4.69, 9.17) is 4.74 Å². The summed E-state index contributed by atoms with van der Waals surface area (Å²) >= 11 is 0. The first kappa shape index (κ1) is 9.81. The van der Waals surface area contributed by atoms with E-state index in [0.29, 0.717) is 5.41 Å². The minimum atomic E-state index is -0.365. The zero-order valence-corrected chi connectivity index (χ0v) is 9.30. The van der Waals surface area contributed by atoms with Gasteiger partial charge in [0.25, 0.3) is 0 Å². The summed E-state index contributed by atoms with van der Waals surface area (Å²) in [6.07, 6.45) is 3.63. The molecule has 0 atom stereocenters. The Labute approximate surface area is 85.4 Å². The van der Waals surface area contributed by atoms with Gasteiger partial charge in [-0.3, -0.25) is 0 Å². The average Bonchev–Trinajstić information content (AvgIpc) is 2.57. The van der Waals surface area contributed by atoms with Gasteiger partial charge in [0.05, 0.1) is 0 Å². The smallest absolute Gasteiger partial charge is 0.410 e. The third-order valence-electron chi connectivity index (χ3n) is 3.05. The van der Waals surface area contributed by atoms with Crippen LogP contribution in [-0.4, -0.2) is 29.7 Å². The van der Waals surface area contributed by atoms with Gasteiger partial charge in [-0.05, 0) is 45.4 Å². The predicted octanol–water partition coefficient (Wildman–Crippen LogP) is 2.41. The normalized spacial score (nSPS) is 24.1. The van der Waals surface area contributed by atoms with E-state index in [1.807, 2.05) is 25.7 Å². The van der Waals surface area contributed by atoms with Crippen LogP contribution in [0.15, 0.2) is 0 Å². The van der Waals surface area contributed by atoms with Crippen molar-refractivity contribution in [2.45, 2.75) is 45.6 Å². The molecular formula is C11H19NO2. The van der Waals surface area contributed by atoms with Crippen molar-refractivity contribution in [3.05, 3.63) is 0 Å². The molecule has 1 heterocycles. The third-order valence-corrected chi connectivity index (χ3v) is 3.05. The molecule has 1 amide bonds. The van der Waals surface area contributed by atoms with Crippen LogP contribution in [0.25, 0.3) is 0 Å². The highest BCUT2D eigenvalue weighted by atomic mass is 16.6. The average molecular weight is 197 g/mol. The van der Waals surface area contributed by atoms with Gasteiger partial charge < -0.3 is 9.64 Å². The van der Waals surface area contributed by atoms with E-state index >= 15 is 0 Å². The highest BCUT2D eigenvalue weighted by molar-refractivity contribution is 5.68. The number of carbonyl (C=O) groups excluding carboxylic acids is 1. The molecule has 0 N–H and O–H groups in total. The molecule has 3 nitrogen and oxygen atoms in total. The highest BCUT2D eigenvalue weighted by Crippen LogP contribution is 2.52. The molecule has 80 valence electrons. The monoisotopic (exact) mass is 197 g/mol. The van der Waals surface area contributed by atoms with Crippen LogP contribution >= 0.6 is 0 Å². The summed E-state index contributed by atoms with van der Waals surface area (Å²) in [5.41, 5.74) is 0.132. The van der Waals surface area contributed by atoms with Crippen molar-refractivity contribution in [2.75, 3.05) is 13.1 Å². The minimum Gasteiger partial charge on any atom is -0.444 e. The Balaban J connectivity index is 1.87. The second kappa shape index (κ2) is 2.88. The molecule has 1 aliphatic carbocycles. The van der Waals surface area contributed by atoms with Crippen molar-refractivity contribution in [1.29, 1.82) is 0 Å². The van der Waals surface area contributed by atoms with Gasteiger partial charge in [-0.2, -0.15) is 0 Å². The lowest BCUT2D eigenvalue weighted by Gasteiger charge is -2.24. The number of likely N-dealkylation sites (tertiary alicyclic amines) is 1. The largest absolute Gasteiger partial charge is 0.444 e. The first-order valence-corrected chi connectivity index (χ1v) is 5.38. The van der Waals surface area contributed by atoms with Crippen molar-refractivity contribution in [1.82, 2.24) is 4.90 Å². The van der Waals surface area contributed by atoms with E-state index in [9.17, 15) is 4.79 Å². The van der Waals surface area contributed by atoms with Crippen LogP contribution in [-0.2, 0) is 4.74 Å². The van der Waals surface area contributed by atoms with Crippen LogP contribution in [0.4, 0.5) is 4.79 Å². The fraction of sp³-hybridized carbons (Fsp3) is 0.909.